The molecule has 1 fully saturated rings. The summed E-state index contributed by atoms with van der Waals surface area (Å²) in [6, 6.07) is -1.67. The Labute approximate surface area is 127 Å². The molecule has 0 radical (unpaired) electrons. The van der Waals surface area contributed by atoms with Crippen LogP contribution in [0, 0.1) is 0 Å². The van der Waals surface area contributed by atoms with Gasteiger partial charge in [-0.15, -0.1) is 0 Å². The molecule has 0 aliphatic heterocycles. The average Bonchev–Trinajstić information content (AvgIpc) is 2.27. The topological polar surface area (TPSA) is 81.7 Å². The summed E-state index contributed by atoms with van der Waals surface area (Å²) in [4.78, 5) is 24.1. The van der Waals surface area contributed by atoms with Gasteiger partial charge in [-0.25, -0.2) is 4.79 Å². The number of carboxylic acid groups (broad SMARTS) is 1. The Balaban J connectivity index is 2.27. The Bertz CT molecular complexity index is 398. The average molecular weight is 325 g/mol. The van der Waals surface area contributed by atoms with Crippen LogP contribution in [0.5, 0.6) is 0 Å². The van der Waals surface area contributed by atoms with E-state index < -0.39 is 30.6 Å². The van der Waals surface area contributed by atoms with E-state index in [9.17, 15) is 22.8 Å². The van der Waals surface area contributed by atoms with Crippen molar-refractivity contribution in [1.82, 2.24) is 15.5 Å². The summed E-state index contributed by atoms with van der Waals surface area (Å²) in [5, 5.41) is 13.6. The number of rotatable bonds is 7. The van der Waals surface area contributed by atoms with Crippen LogP contribution in [0.25, 0.3) is 0 Å². The van der Waals surface area contributed by atoms with E-state index in [0.717, 1.165) is 0 Å². The standard InChI is InChI=1S/C13H22F3N3O3/c1-3-19(7-11(20)21)10-4-9(5-10)18-12(22)17-8(2)6-13(14,15)16/h8-10H,3-7H2,1-2H3,(H,20,21)(H2,17,18,22). The van der Waals surface area contributed by atoms with Crippen LogP contribution in [0.1, 0.15) is 33.1 Å². The van der Waals surface area contributed by atoms with Gasteiger partial charge >= 0.3 is 18.2 Å². The largest absolute Gasteiger partial charge is 0.480 e. The molecule has 9 heteroatoms. The quantitative estimate of drug-likeness (QED) is 0.663. The second-order valence-corrected chi connectivity index (χ2v) is 5.62. The van der Waals surface area contributed by atoms with Crippen LogP contribution in [0.4, 0.5) is 18.0 Å². The first kappa shape index (κ1) is 18.5. The second kappa shape index (κ2) is 7.66. The van der Waals surface area contributed by atoms with E-state index in [-0.39, 0.29) is 18.6 Å². The molecule has 0 spiro atoms. The molecule has 0 heterocycles. The van der Waals surface area contributed by atoms with Gasteiger partial charge in [0.05, 0.1) is 13.0 Å². The highest BCUT2D eigenvalue weighted by Gasteiger charge is 2.35. The molecule has 22 heavy (non-hydrogen) atoms. The molecule has 1 saturated carbocycles. The molecule has 0 aromatic heterocycles. The van der Waals surface area contributed by atoms with Gasteiger partial charge in [-0.05, 0) is 26.3 Å². The molecule has 2 amide bonds. The first-order valence-corrected chi connectivity index (χ1v) is 7.20. The zero-order chi connectivity index (χ0) is 16.9. The first-order chi connectivity index (χ1) is 10.1. The smallest absolute Gasteiger partial charge is 0.391 e. The Hall–Kier alpha value is -1.51. The third-order valence-electron chi connectivity index (χ3n) is 3.62. The van der Waals surface area contributed by atoms with Crippen molar-refractivity contribution < 1.29 is 27.9 Å². The molecule has 128 valence electrons. The van der Waals surface area contributed by atoms with Crippen molar-refractivity contribution >= 4 is 12.0 Å². The minimum atomic E-state index is -4.31. The number of carbonyl (C=O) groups is 2. The van der Waals surface area contributed by atoms with E-state index in [1.807, 2.05) is 6.92 Å². The lowest BCUT2D eigenvalue weighted by molar-refractivity contribution is -0.140. The van der Waals surface area contributed by atoms with Gasteiger partial charge in [0.2, 0.25) is 0 Å². The fraction of sp³-hybridized carbons (Fsp3) is 0.846. The number of carboxylic acids is 1. The molecule has 1 aliphatic rings. The first-order valence-electron chi connectivity index (χ1n) is 7.20. The molecule has 1 unspecified atom stereocenters. The van der Waals surface area contributed by atoms with Crippen molar-refractivity contribution in [2.24, 2.45) is 0 Å². The molecule has 0 aromatic carbocycles. The second-order valence-electron chi connectivity index (χ2n) is 5.62. The van der Waals surface area contributed by atoms with Gasteiger partial charge in [-0.2, -0.15) is 13.2 Å². The Morgan fingerprint density at radius 3 is 2.41 bits per heavy atom. The molecule has 1 rings (SSSR count). The Kier molecular flexibility index (Phi) is 6.46. The van der Waals surface area contributed by atoms with Crippen molar-refractivity contribution in [1.29, 1.82) is 0 Å². The van der Waals surface area contributed by atoms with Gasteiger partial charge in [-0.1, -0.05) is 6.92 Å². The van der Waals surface area contributed by atoms with Gasteiger partial charge in [0.25, 0.3) is 0 Å². The SMILES string of the molecule is CCN(CC(=O)O)C1CC(NC(=O)NC(C)CC(F)(F)F)C1. The number of nitrogens with zero attached hydrogens (tertiary/aromatic N) is 1. The maximum atomic E-state index is 12.2. The molecule has 3 N–H and O–H groups in total. The van der Waals surface area contributed by atoms with Crippen LogP contribution in [0.15, 0.2) is 0 Å². The van der Waals surface area contributed by atoms with Crippen molar-refractivity contribution in [3.8, 4) is 0 Å². The van der Waals surface area contributed by atoms with Crippen LogP contribution in [0.2, 0.25) is 0 Å². The van der Waals surface area contributed by atoms with E-state index in [1.54, 1.807) is 4.90 Å². The predicted molar refractivity (Wildman–Crippen MR) is 73.5 cm³/mol. The molecular weight excluding hydrogens is 303 g/mol. The van der Waals surface area contributed by atoms with E-state index in [0.29, 0.717) is 19.4 Å². The highest BCUT2D eigenvalue weighted by molar-refractivity contribution is 5.74. The Morgan fingerprint density at radius 1 is 1.36 bits per heavy atom. The molecule has 6 nitrogen and oxygen atoms in total. The van der Waals surface area contributed by atoms with Gasteiger partial charge < -0.3 is 15.7 Å². The number of carbonyl (C=O) groups excluding carboxylic acids is 1. The van der Waals surface area contributed by atoms with Gasteiger partial charge in [-0.3, -0.25) is 9.69 Å². The van der Waals surface area contributed by atoms with Crippen molar-refractivity contribution in [2.75, 3.05) is 13.1 Å². The predicted octanol–water partition coefficient (Wildman–Crippen LogP) is 1.56. The number of urea groups is 1. The van der Waals surface area contributed by atoms with E-state index in [4.69, 9.17) is 5.11 Å². The fourth-order valence-corrected chi connectivity index (χ4v) is 2.53. The molecular formula is C13H22F3N3O3. The lowest BCUT2D eigenvalue weighted by Gasteiger charge is -2.42. The molecule has 1 aliphatic carbocycles. The summed E-state index contributed by atoms with van der Waals surface area (Å²) in [5.74, 6) is -0.906. The maximum Gasteiger partial charge on any atom is 0.391 e. The lowest BCUT2D eigenvalue weighted by Crippen LogP contribution is -2.57. The number of alkyl halides is 3. The number of aliphatic carboxylic acids is 1. The van der Waals surface area contributed by atoms with Gasteiger partial charge in [0, 0.05) is 18.1 Å². The Morgan fingerprint density at radius 2 is 1.95 bits per heavy atom. The maximum absolute atomic E-state index is 12.2. The number of likely N-dealkylation sites (N-methyl/N-ethyl adjacent to an activating group) is 1. The van der Waals surface area contributed by atoms with Crippen molar-refractivity contribution in [3.63, 3.8) is 0 Å². The number of nitrogens with one attached hydrogen (secondary N) is 2. The molecule has 0 aromatic rings. The van der Waals surface area contributed by atoms with Crippen molar-refractivity contribution in [2.45, 2.75) is 57.4 Å². The summed E-state index contributed by atoms with van der Waals surface area (Å²) in [6.45, 7) is 3.69. The number of amides is 2. The molecule has 1 atom stereocenters. The van der Waals surface area contributed by atoms with Crippen LogP contribution in [-0.2, 0) is 4.79 Å². The van der Waals surface area contributed by atoms with Crippen LogP contribution in [0.3, 0.4) is 0 Å². The zero-order valence-electron chi connectivity index (χ0n) is 12.6. The van der Waals surface area contributed by atoms with Gasteiger partial charge in [0.15, 0.2) is 0 Å². The molecule has 0 saturated heterocycles. The van der Waals surface area contributed by atoms with E-state index >= 15 is 0 Å². The van der Waals surface area contributed by atoms with Crippen molar-refractivity contribution in [3.05, 3.63) is 0 Å². The molecule has 0 bridgehead atoms. The highest BCUT2D eigenvalue weighted by Crippen LogP contribution is 2.25. The van der Waals surface area contributed by atoms with E-state index in [1.165, 1.54) is 6.92 Å². The van der Waals surface area contributed by atoms with E-state index in [2.05, 4.69) is 10.6 Å². The number of halogens is 3. The van der Waals surface area contributed by atoms with Crippen LogP contribution >= 0.6 is 0 Å². The minimum Gasteiger partial charge on any atom is -0.480 e. The number of hydrogen-bond donors (Lipinski definition) is 3. The fourth-order valence-electron chi connectivity index (χ4n) is 2.53. The highest BCUT2D eigenvalue weighted by atomic mass is 19.4. The van der Waals surface area contributed by atoms with Crippen LogP contribution in [-0.4, -0.2) is 59.4 Å². The summed E-state index contributed by atoms with van der Waals surface area (Å²) in [5.41, 5.74) is 0. The summed E-state index contributed by atoms with van der Waals surface area (Å²) in [6.07, 6.45) is -4.19. The summed E-state index contributed by atoms with van der Waals surface area (Å²) in [7, 11) is 0. The summed E-state index contributed by atoms with van der Waals surface area (Å²) >= 11 is 0. The summed E-state index contributed by atoms with van der Waals surface area (Å²) < 4.78 is 36.5. The number of hydrogen-bond acceptors (Lipinski definition) is 3. The third kappa shape index (κ3) is 6.50. The minimum absolute atomic E-state index is 0.0529. The monoisotopic (exact) mass is 325 g/mol. The van der Waals surface area contributed by atoms with Gasteiger partial charge in [0.1, 0.15) is 0 Å². The lowest BCUT2D eigenvalue weighted by atomic mass is 9.85. The van der Waals surface area contributed by atoms with Crippen LogP contribution < -0.4 is 10.6 Å². The third-order valence-corrected chi connectivity index (χ3v) is 3.62. The zero-order valence-corrected chi connectivity index (χ0v) is 12.6. The normalized spacial score (nSPS) is 22.8.